The van der Waals surface area contributed by atoms with Crippen LogP contribution in [0.2, 0.25) is 0 Å². The lowest BCUT2D eigenvalue weighted by molar-refractivity contribution is 0.0526. The van der Waals surface area contributed by atoms with Crippen molar-refractivity contribution >= 4 is 23.4 Å². The van der Waals surface area contributed by atoms with Gasteiger partial charge in [0, 0.05) is 22.9 Å². The summed E-state index contributed by atoms with van der Waals surface area (Å²) in [5.41, 5.74) is 2.97. The minimum atomic E-state index is -0.335. The molecule has 0 aliphatic heterocycles. The highest BCUT2D eigenvalue weighted by Crippen LogP contribution is 2.24. The Bertz CT molecular complexity index is 964. The highest BCUT2D eigenvalue weighted by Gasteiger charge is 2.14. The lowest BCUT2D eigenvalue weighted by atomic mass is 10.1. The van der Waals surface area contributed by atoms with Crippen LogP contribution in [0.1, 0.15) is 38.1 Å². The quantitative estimate of drug-likeness (QED) is 0.558. The predicted octanol–water partition coefficient (Wildman–Crippen LogP) is 5.27. The fraction of sp³-hybridized carbons (Fsp3) is 0.261. The van der Waals surface area contributed by atoms with Crippen molar-refractivity contribution in [2.24, 2.45) is 0 Å². The van der Waals surface area contributed by atoms with Crippen molar-refractivity contribution in [1.82, 2.24) is 9.97 Å². The van der Waals surface area contributed by atoms with Crippen LogP contribution >= 0.6 is 0 Å². The van der Waals surface area contributed by atoms with Gasteiger partial charge in [0.2, 0.25) is 5.95 Å². The van der Waals surface area contributed by atoms with E-state index in [0.717, 1.165) is 22.8 Å². The van der Waals surface area contributed by atoms with Crippen LogP contribution in [-0.2, 0) is 4.74 Å². The number of carbonyl (C=O) groups is 1. The largest absolute Gasteiger partial charge is 0.462 e. The Hall–Kier alpha value is -3.41. The van der Waals surface area contributed by atoms with Gasteiger partial charge in [-0.2, -0.15) is 4.98 Å². The van der Waals surface area contributed by atoms with E-state index in [2.05, 4.69) is 41.4 Å². The second-order valence-corrected chi connectivity index (χ2v) is 7.63. The molecule has 6 nitrogen and oxygen atoms in total. The molecule has 0 saturated carbocycles. The molecule has 0 fully saturated rings. The zero-order chi connectivity index (χ0) is 20.9. The number of esters is 1. The first-order valence-electron chi connectivity index (χ1n) is 9.61. The highest BCUT2D eigenvalue weighted by atomic mass is 16.5. The molecule has 0 amide bonds. The molecule has 0 aliphatic carbocycles. The van der Waals surface area contributed by atoms with Crippen LogP contribution in [0.25, 0.3) is 11.3 Å². The first-order chi connectivity index (χ1) is 13.8. The number of aromatic nitrogens is 2. The molecule has 1 heterocycles. The molecule has 2 aromatic carbocycles. The van der Waals surface area contributed by atoms with Crippen molar-refractivity contribution in [1.29, 1.82) is 0 Å². The SMILES string of the molecule is CCOC(=O)c1ccc(Nc2nc(NC(C)(C)C)cc(-c3ccccc3)n2)cc1. The number of nitrogens with zero attached hydrogens (tertiary/aromatic N) is 2. The highest BCUT2D eigenvalue weighted by molar-refractivity contribution is 5.89. The summed E-state index contributed by atoms with van der Waals surface area (Å²) in [5, 5.41) is 6.63. The Labute approximate surface area is 171 Å². The first-order valence-corrected chi connectivity index (χ1v) is 9.61. The van der Waals surface area contributed by atoms with Gasteiger partial charge in [0.15, 0.2) is 0 Å². The van der Waals surface area contributed by atoms with Gasteiger partial charge in [-0.05, 0) is 52.0 Å². The number of anilines is 3. The van der Waals surface area contributed by atoms with Crippen molar-refractivity contribution < 1.29 is 9.53 Å². The average Bonchev–Trinajstić information content (AvgIpc) is 2.68. The van der Waals surface area contributed by atoms with E-state index in [9.17, 15) is 4.79 Å². The molecule has 29 heavy (non-hydrogen) atoms. The van der Waals surface area contributed by atoms with E-state index < -0.39 is 0 Å². The fourth-order valence-corrected chi connectivity index (χ4v) is 2.74. The maximum absolute atomic E-state index is 11.8. The summed E-state index contributed by atoms with van der Waals surface area (Å²) in [6, 6.07) is 19.0. The zero-order valence-corrected chi connectivity index (χ0v) is 17.2. The number of rotatable bonds is 6. The summed E-state index contributed by atoms with van der Waals surface area (Å²) >= 11 is 0. The Balaban J connectivity index is 1.89. The van der Waals surface area contributed by atoms with Gasteiger partial charge >= 0.3 is 5.97 Å². The van der Waals surface area contributed by atoms with Crippen LogP contribution in [0.15, 0.2) is 60.7 Å². The summed E-state index contributed by atoms with van der Waals surface area (Å²) in [6.45, 7) is 8.38. The molecule has 0 bridgehead atoms. The van der Waals surface area contributed by atoms with Crippen LogP contribution < -0.4 is 10.6 Å². The summed E-state index contributed by atoms with van der Waals surface area (Å²) in [5.74, 6) is 0.872. The van der Waals surface area contributed by atoms with E-state index in [1.165, 1.54) is 0 Å². The molecule has 2 N–H and O–H groups in total. The van der Waals surface area contributed by atoms with Crippen LogP contribution in [0.4, 0.5) is 17.5 Å². The standard InChI is InChI=1S/C23H26N4O2/c1-5-29-21(28)17-11-13-18(14-12-17)24-22-25-19(16-9-7-6-8-10-16)15-20(26-22)27-23(2,3)4/h6-15H,5H2,1-4H3,(H2,24,25,26,27). The van der Waals surface area contributed by atoms with E-state index in [1.807, 2.05) is 48.5 Å². The van der Waals surface area contributed by atoms with Crippen LogP contribution in [-0.4, -0.2) is 28.1 Å². The van der Waals surface area contributed by atoms with Gasteiger partial charge < -0.3 is 15.4 Å². The molecule has 150 valence electrons. The number of benzene rings is 2. The fourth-order valence-electron chi connectivity index (χ4n) is 2.74. The number of hydrogen-bond acceptors (Lipinski definition) is 6. The predicted molar refractivity (Wildman–Crippen MR) is 117 cm³/mol. The molecular weight excluding hydrogens is 364 g/mol. The number of ether oxygens (including phenoxy) is 1. The van der Waals surface area contributed by atoms with Gasteiger partial charge in [0.1, 0.15) is 5.82 Å². The molecule has 3 aromatic rings. The Morgan fingerprint density at radius 3 is 2.31 bits per heavy atom. The second kappa shape index (κ2) is 8.73. The van der Waals surface area contributed by atoms with E-state index in [0.29, 0.717) is 18.1 Å². The first kappa shape index (κ1) is 20.3. The van der Waals surface area contributed by atoms with Gasteiger partial charge in [-0.15, -0.1) is 0 Å². The van der Waals surface area contributed by atoms with E-state index >= 15 is 0 Å². The topological polar surface area (TPSA) is 76.1 Å². The molecule has 1 aromatic heterocycles. The molecule has 0 aliphatic rings. The van der Waals surface area contributed by atoms with Crippen molar-refractivity contribution in [3.63, 3.8) is 0 Å². The lowest BCUT2D eigenvalue weighted by Gasteiger charge is -2.22. The summed E-state index contributed by atoms with van der Waals surface area (Å²) in [4.78, 5) is 21.1. The number of nitrogens with one attached hydrogen (secondary N) is 2. The number of carbonyl (C=O) groups excluding carboxylic acids is 1. The lowest BCUT2D eigenvalue weighted by Crippen LogP contribution is -2.26. The number of hydrogen-bond donors (Lipinski definition) is 2. The maximum atomic E-state index is 11.8. The minimum Gasteiger partial charge on any atom is -0.462 e. The van der Waals surface area contributed by atoms with Crippen LogP contribution in [0.3, 0.4) is 0 Å². The van der Waals surface area contributed by atoms with Gasteiger partial charge in [-0.3, -0.25) is 0 Å². The molecule has 0 saturated heterocycles. The normalized spacial score (nSPS) is 11.0. The third-order valence-electron chi connectivity index (χ3n) is 3.95. The Morgan fingerprint density at radius 2 is 1.69 bits per heavy atom. The van der Waals surface area contributed by atoms with Gasteiger partial charge in [-0.1, -0.05) is 30.3 Å². The van der Waals surface area contributed by atoms with E-state index in [-0.39, 0.29) is 11.5 Å². The maximum Gasteiger partial charge on any atom is 0.338 e. The molecule has 6 heteroatoms. The van der Waals surface area contributed by atoms with E-state index in [4.69, 9.17) is 4.74 Å². The third-order valence-corrected chi connectivity index (χ3v) is 3.95. The monoisotopic (exact) mass is 390 g/mol. The van der Waals surface area contributed by atoms with E-state index in [1.54, 1.807) is 19.1 Å². The smallest absolute Gasteiger partial charge is 0.338 e. The molecule has 0 atom stereocenters. The van der Waals surface area contributed by atoms with Crippen molar-refractivity contribution in [2.45, 2.75) is 33.2 Å². The minimum absolute atomic E-state index is 0.138. The van der Waals surface area contributed by atoms with Crippen molar-refractivity contribution in [2.75, 3.05) is 17.2 Å². The molecule has 0 spiro atoms. The summed E-state index contributed by atoms with van der Waals surface area (Å²) in [7, 11) is 0. The Morgan fingerprint density at radius 1 is 1.00 bits per heavy atom. The van der Waals surface area contributed by atoms with Crippen LogP contribution in [0.5, 0.6) is 0 Å². The zero-order valence-electron chi connectivity index (χ0n) is 17.2. The summed E-state index contributed by atoms with van der Waals surface area (Å²) in [6.07, 6.45) is 0. The second-order valence-electron chi connectivity index (χ2n) is 7.63. The van der Waals surface area contributed by atoms with Gasteiger partial charge in [0.05, 0.1) is 17.9 Å². The molecule has 0 radical (unpaired) electrons. The van der Waals surface area contributed by atoms with Gasteiger partial charge in [0.25, 0.3) is 0 Å². The molecule has 0 unspecified atom stereocenters. The average molecular weight is 390 g/mol. The van der Waals surface area contributed by atoms with Gasteiger partial charge in [-0.25, -0.2) is 9.78 Å². The van der Waals surface area contributed by atoms with Crippen LogP contribution in [0, 0.1) is 0 Å². The van der Waals surface area contributed by atoms with Crippen molar-refractivity contribution in [3.8, 4) is 11.3 Å². The van der Waals surface area contributed by atoms with Crippen molar-refractivity contribution in [3.05, 3.63) is 66.2 Å². The summed E-state index contributed by atoms with van der Waals surface area (Å²) < 4.78 is 5.02. The Kier molecular flexibility index (Phi) is 6.12. The third kappa shape index (κ3) is 5.78. The molecular formula is C23H26N4O2. The molecule has 3 rings (SSSR count).